The van der Waals surface area contributed by atoms with Crippen molar-refractivity contribution in [3.8, 4) is 0 Å². The van der Waals surface area contributed by atoms with Crippen LogP contribution in [-0.2, 0) is 10.2 Å². The summed E-state index contributed by atoms with van der Waals surface area (Å²) in [6, 6.07) is -0.471. The molecule has 20 heavy (non-hydrogen) atoms. The lowest BCUT2D eigenvalue weighted by atomic mass is 9.89. The van der Waals surface area contributed by atoms with Crippen LogP contribution in [0.25, 0.3) is 0 Å². The number of nitrogens with zero attached hydrogens (tertiary/aromatic N) is 2. The summed E-state index contributed by atoms with van der Waals surface area (Å²) in [5.74, 6) is -0.183. The average molecular weight is 321 g/mol. The molecule has 3 N–H and O–H groups in total. The van der Waals surface area contributed by atoms with Gasteiger partial charge < -0.3 is 5.73 Å². The fraction of sp³-hybridized carbons (Fsp3) is 0.769. The van der Waals surface area contributed by atoms with E-state index < -0.39 is 6.04 Å². The third kappa shape index (κ3) is 5.34. The first-order chi connectivity index (χ1) is 8.90. The molecule has 1 heterocycles. The molecule has 0 aliphatic carbocycles. The molecule has 0 fully saturated rings. The van der Waals surface area contributed by atoms with Crippen LogP contribution in [0, 0.1) is 0 Å². The summed E-state index contributed by atoms with van der Waals surface area (Å²) in [6.45, 7) is 8.44. The number of hydrogen-bond acceptors (Lipinski definition) is 5. The highest BCUT2D eigenvalue weighted by atomic mass is 35.5. The molecule has 1 unspecified atom stereocenters. The van der Waals surface area contributed by atoms with E-state index in [-0.39, 0.29) is 23.7 Å². The number of carbonyl (C=O) groups is 1. The lowest BCUT2D eigenvalue weighted by molar-refractivity contribution is -0.117. The third-order valence-corrected chi connectivity index (χ3v) is 4.25. The Labute approximate surface area is 131 Å². The van der Waals surface area contributed by atoms with Crippen LogP contribution in [0.2, 0.25) is 0 Å². The van der Waals surface area contributed by atoms with Gasteiger partial charge in [0.05, 0.1) is 6.04 Å². The number of nitrogens with one attached hydrogen (secondary N) is 1. The second-order valence-electron chi connectivity index (χ2n) is 5.43. The van der Waals surface area contributed by atoms with E-state index in [0.29, 0.717) is 11.6 Å². The maximum atomic E-state index is 11.8. The van der Waals surface area contributed by atoms with Crippen molar-refractivity contribution in [2.24, 2.45) is 5.73 Å². The number of aromatic nitrogens is 2. The summed E-state index contributed by atoms with van der Waals surface area (Å²) in [5.41, 5.74) is 5.76. The highest BCUT2D eigenvalue weighted by Crippen LogP contribution is 2.32. The van der Waals surface area contributed by atoms with Gasteiger partial charge in [-0.1, -0.05) is 51.9 Å². The SMILES string of the molecule is CCCC(N)C(=O)Nc1nnc(C(C)(C)CCC)s1.Cl. The minimum atomic E-state index is -0.471. The maximum absolute atomic E-state index is 11.8. The first-order valence-corrected chi connectivity index (χ1v) is 7.62. The van der Waals surface area contributed by atoms with Crippen LogP contribution in [0.4, 0.5) is 5.13 Å². The number of anilines is 1. The lowest BCUT2D eigenvalue weighted by Gasteiger charge is -2.19. The summed E-state index contributed by atoms with van der Waals surface area (Å²) in [5, 5.41) is 12.4. The van der Waals surface area contributed by atoms with Crippen molar-refractivity contribution < 1.29 is 4.79 Å². The quantitative estimate of drug-likeness (QED) is 0.809. The Morgan fingerprint density at radius 3 is 2.55 bits per heavy atom. The van der Waals surface area contributed by atoms with Gasteiger partial charge in [0.15, 0.2) is 0 Å². The molecule has 0 saturated carbocycles. The third-order valence-electron chi connectivity index (χ3n) is 3.05. The Morgan fingerprint density at radius 1 is 1.35 bits per heavy atom. The van der Waals surface area contributed by atoms with E-state index in [1.807, 2.05) is 6.92 Å². The molecule has 1 aromatic rings. The van der Waals surface area contributed by atoms with Crippen LogP contribution in [-0.4, -0.2) is 22.1 Å². The molecule has 5 nitrogen and oxygen atoms in total. The molecule has 0 aliphatic heterocycles. The molecule has 0 spiro atoms. The number of halogens is 1. The molecule has 0 aliphatic rings. The Bertz CT molecular complexity index is 422. The van der Waals surface area contributed by atoms with Gasteiger partial charge in [0.1, 0.15) is 5.01 Å². The normalized spacial score (nSPS) is 12.7. The average Bonchev–Trinajstić information content (AvgIpc) is 2.78. The zero-order valence-electron chi connectivity index (χ0n) is 12.6. The predicted octanol–water partition coefficient (Wildman–Crippen LogP) is 3.10. The van der Waals surface area contributed by atoms with Gasteiger partial charge in [-0.3, -0.25) is 10.1 Å². The van der Waals surface area contributed by atoms with E-state index in [1.165, 1.54) is 11.3 Å². The van der Waals surface area contributed by atoms with Crippen LogP contribution in [0.1, 0.15) is 58.4 Å². The zero-order chi connectivity index (χ0) is 14.5. The summed E-state index contributed by atoms with van der Waals surface area (Å²) >= 11 is 1.43. The lowest BCUT2D eigenvalue weighted by Crippen LogP contribution is -2.35. The Morgan fingerprint density at radius 2 is 2.00 bits per heavy atom. The predicted molar refractivity (Wildman–Crippen MR) is 86.6 cm³/mol. The van der Waals surface area contributed by atoms with Crippen LogP contribution in [0.3, 0.4) is 0 Å². The van der Waals surface area contributed by atoms with Gasteiger partial charge >= 0.3 is 0 Å². The molecule has 0 aromatic carbocycles. The van der Waals surface area contributed by atoms with E-state index in [4.69, 9.17) is 5.73 Å². The molecule has 116 valence electrons. The summed E-state index contributed by atoms with van der Waals surface area (Å²) in [7, 11) is 0. The van der Waals surface area contributed by atoms with Crippen LogP contribution < -0.4 is 11.1 Å². The number of rotatable bonds is 7. The molecule has 7 heteroatoms. The monoisotopic (exact) mass is 320 g/mol. The second kappa shape index (κ2) is 8.54. The molecule has 0 radical (unpaired) electrons. The van der Waals surface area contributed by atoms with Crippen molar-refractivity contribution in [1.29, 1.82) is 0 Å². The largest absolute Gasteiger partial charge is 0.320 e. The number of hydrogen-bond donors (Lipinski definition) is 2. The standard InChI is InChI=1S/C13H24N4OS.ClH/c1-5-7-9(14)10(18)15-12-17-16-11(19-12)13(3,4)8-6-2;/h9H,5-8,14H2,1-4H3,(H,15,17,18);1H. The smallest absolute Gasteiger partial charge is 0.243 e. The molecule has 1 amide bonds. The van der Waals surface area contributed by atoms with Crippen molar-refractivity contribution in [3.05, 3.63) is 5.01 Å². The highest BCUT2D eigenvalue weighted by Gasteiger charge is 2.25. The van der Waals surface area contributed by atoms with Crippen LogP contribution in [0.15, 0.2) is 0 Å². The Kier molecular flexibility index (Phi) is 8.23. The number of amides is 1. The minimum Gasteiger partial charge on any atom is -0.320 e. The second-order valence-corrected chi connectivity index (χ2v) is 6.41. The highest BCUT2D eigenvalue weighted by molar-refractivity contribution is 7.15. The van der Waals surface area contributed by atoms with Crippen molar-refractivity contribution in [3.63, 3.8) is 0 Å². The van der Waals surface area contributed by atoms with E-state index >= 15 is 0 Å². The molecule has 1 atom stereocenters. The van der Waals surface area contributed by atoms with E-state index in [1.54, 1.807) is 0 Å². The first-order valence-electron chi connectivity index (χ1n) is 6.81. The van der Waals surface area contributed by atoms with Crippen molar-refractivity contribution in [2.75, 3.05) is 5.32 Å². The van der Waals surface area contributed by atoms with Crippen LogP contribution >= 0.6 is 23.7 Å². The van der Waals surface area contributed by atoms with E-state index in [2.05, 4.69) is 36.3 Å². The molecule has 0 saturated heterocycles. The topological polar surface area (TPSA) is 80.9 Å². The van der Waals surface area contributed by atoms with Crippen molar-refractivity contribution in [1.82, 2.24) is 10.2 Å². The molecule has 1 rings (SSSR count). The molecular formula is C13H25ClN4OS. The number of nitrogens with two attached hydrogens (primary N) is 1. The summed E-state index contributed by atoms with van der Waals surface area (Å²) < 4.78 is 0. The molecular weight excluding hydrogens is 296 g/mol. The van der Waals surface area contributed by atoms with E-state index in [0.717, 1.165) is 24.3 Å². The molecule has 1 aromatic heterocycles. The maximum Gasteiger partial charge on any atom is 0.243 e. The number of carbonyl (C=O) groups excluding carboxylic acids is 1. The summed E-state index contributed by atoms with van der Waals surface area (Å²) in [4.78, 5) is 11.8. The first kappa shape index (κ1) is 19.3. The minimum absolute atomic E-state index is 0. The van der Waals surface area contributed by atoms with Crippen molar-refractivity contribution >= 4 is 34.8 Å². The zero-order valence-corrected chi connectivity index (χ0v) is 14.2. The Hall–Kier alpha value is -0.720. The van der Waals surface area contributed by atoms with E-state index in [9.17, 15) is 4.79 Å². The summed E-state index contributed by atoms with van der Waals surface area (Å²) in [6.07, 6.45) is 3.71. The van der Waals surface area contributed by atoms with Gasteiger partial charge in [0.25, 0.3) is 0 Å². The van der Waals surface area contributed by atoms with Gasteiger partial charge in [0.2, 0.25) is 11.0 Å². The fourth-order valence-corrected chi connectivity index (χ4v) is 2.80. The van der Waals surface area contributed by atoms with Crippen LogP contribution in [0.5, 0.6) is 0 Å². The van der Waals surface area contributed by atoms with Gasteiger partial charge in [0, 0.05) is 5.41 Å². The van der Waals surface area contributed by atoms with Gasteiger partial charge in [-0.05, 0) is 12.8 Å². The fourth-order valence-electron chi connectivity index (χ4n) is 1.92. The van der Waals surface area contributed by atoms with Gasteiger partial charge in [-0.25, -0.2) is 0 Å². The molecule has 0 bridgehead atoms. The van der Waals surface area contributed by atoms with Crippen molar-refractivity contribution in [2.45, 2.75) is 64.8 Å². The van der Waals surface area contributed by atoms with Gasteiger partial charge in [-0.15, -0.1) is 22.6 Å². The Balaban J connectivity index is 0.00000361. The van der Waals surface area contributed by atoms with Gasteiger partial charge in [-0.2, -0.15) is 0 Å².